The van der Waals surface area contributed by atoms with Crippen LogP contribution in [0.3, 0.4) is 0 Å². The van der Waals surface area contributed by atoms with E-state index in [1.807, 2.05) is 69.3 Å². The molecule has 156 valence electrons. The molecule has 5 heteroatoms. The number of carbonyl (C=O) groups is 1. The molecule has 0 saturated carbocycles. The van der Waals surface area contributed by atoms with Gasteiger partial charge in [-0.05, 0) is 68.7 Å². The molecule has 3 aromatic rings. The van der Waals surface area contributed by atoms with Gasteiger partial charge in [0, 0.05) is 17.5 Å². The maximum Gasteiger partial charge on any atom is 0.251 e. The van der Waals surface area contributed by atoms with Crippen LogP contribution >= 0.6 is 0 Å². The van der Waals surface area contributed by atoms with Crippen LogP contribution < -0.4 is 10.1 Å². The summed E-state index contributed by atoms with van der Waals surface area (Å²) in [7, 11) is 0. The highest BCUT2D eigenvalue weighted by molar-refractivity contribution is 5.96. The number of aliphatic hydroxyl groups excluding tert-OH is 1. The highest BCUT2D eigenvalue weighted by Crippen LogP contribution is 2.28. The van der Waals surface area contributed by atoms with Crippen molar-refractivity contribution in [1.29, 1.82) is 0 Å². The van der Waals surface area contributed by atoms with Crippen LogP contribution in [0.1, 0.15) is 47.1 Å². The molecule has 0 spiro atoms. The zero-order valence-electron chi connectivity index (χ0n) is 17.8. The summed E-state index contributed by atoms with van der Waals surface area (Å²) in [4.78, 5) is 17.3. The van der Waals surface area contributed by atoms with E-state index in [9.17, 15) is 9.90 Å². The number of aliphatic hydroxyl groups is 1. The lowest BCUT2D eigenvalue weighted by atomic mass is 10.0. The highest BCUT2D eigenvalue weighted by Gasteiger charge is 2.15. The summed E-state index contributed by atoms with van der Waals surface area (Å²) in [6.07, 6.45) is 1.41. The minimum Gasteiger partial charge on any atom is -0.488 e. The molecule has 0 bridgehead atoms. The van der Waals surface area contributed by atoms with Gasteiger partial charge >= 0.3 is 0 Å². The molecule has 1 amide bonds. The van der Waals surface area contributed by atoms with Crippen molar-refractivity contribution in [2.24, 2.45) is 0 Å². The van der Waals surface area contributed by atoms with Crippen LogP contribution in [-0.2, 0) is 0 Å². The number of ether oxygens (including phenoxy) is 1. The number of pyridine rings is 1. The summed E-state index contributed by atoms with van der Waals surface area (Å²) in [6, 6.07) is 17.3. The van der Waals surface area contributed by atoms with E-state index in [1.165, 1.54) is 5.56 Å². The molecule has 1 unspecified atom stereocenters. The van der Waals surface area contributed by atoms with E-state index in [1.54, 1.807) is 19.2 Å². The Hall–Kier alpha value is -3.18. The zero-order chi connectivity index (χ0) is 21.7. The molecular formula is C25H28N2O3. The number of hydrogen-bond donors (Lipinski definition) is 2. The molecule has 0 aliphatic rings. The third kappa shape index (κ3) is 5.45. The van der Waals surface area contributed by atoms with Gasteiger partial charge in [-0.2, -0.15) is 0 Å². The number of carbonyl (C=O) groups excluding carboxylic acids is 1. The lowest BCUT2D eigenvalue weighted by Gasteiger charge is -2.17. The Kier molecular flexibility index (Phi) is 6.85. The van der Waals surface area contributed by atoms with Gasteiger partial charge < -0.3 is 15.2 Å². The van der Waals surface area contributed by atoms with Gasteiger partial charge in [-0.3, -0.25) is 9.78 Å². The molecule has 2 aromatic carbocycles. The third-order valence-electron chi connectivity index (χ3n) is 4.93. The molecule has 3 rings (SSSR count). The summed E-state index contributed by atoms with van der Waals surface area (Å²) in [5.41, 5.74) is 5.41. The quantitative estimate of drug-likeness (QED) is 0.603. The number of amides is 1. The van der Waals surface area contributed by atoms with Crippen molar-refractivity contribution in [2.75, 3.05) is 6.61 Å². The largest absolute Gasteiger partial charge is 0.488 e. The number of rotatable bonds is 7. The molecule has 30 heavy (non-hydrogen) atoms. The Balaban J connectivity index is 1.90. The van der Waals surface area contributed by atoms with E-state index in [0.717, 1.165) is 22.4 Å². The van der Waals surface area contributed by atoms with E-state index >= 15 is 0 Å². The monoisotopic (exact) mass is 404 g/mol. The van der Waals surface area contributed by atoms with E-state index in [2.05, 4.69) is 10.3 Å². The Labute approximate surface area is 177 Å². The smallest absolute Gasteiger partial charge is 0.251 e. The average molecular weight is 405 g/mol. The molecule has 2 N–H and O–H groups in total. The summed E-state index contributed by atoms with van der Waals surface area (Å²) in [6.45, 7) is 7.57. The Morgan fingerprint density at radius 1 is 1.03 bits per heavy atom. The number of aromatic nitrogens is 1. The third-order valence-corrected chi connectivity index (χ3v) is 4.93. The first-order valence-electron chi connectivity index (χ1n) is 10.1. The summed E-state index contributed by atoms with van der Waals surface area (Å²) in [5.74, 6) is 0.350. The lowest BCUT2D eigenvalue weighted by Crippen LogP contribution is -2.27. The first-order chi connectivity index (χ1) is 14.4. The average Bonchev–Trinajstić information content (AvgIpc) is 2.74. The predicted octanol–water partition coefficient (Wildman–Crippen LogP) is 4.62. The molecule has 0 radical (unpaired) electrons. The molecule has 5 nitrogen and oxygen atoms in total. The SMILES string of the molecule is Cc1ccc(-c2cc(OC(C)CO)cc(C(=O)N[C@H](C)c3ccc(C)nc3)c2)cc1. The van der Waals surface area contributed by atoms with E-state index in [-0.39, 0.29) is 24.7 Å². The maximum absolute atomic E-state index is 13.0. The van der Waals surface area contributed by atoms with Gasteiger partial charge in [0.1, 0.15) is 11.9 Å². The molecule has 0 fully saturated rings. The van der Waals surface area contributed by atoms with E-state index < -0.39 is 0 Å². The first kappa shape index (κ1) is 21.5. The van der Waals surface area contributed by atoms with Crippen LogP contribution in [0.2, 0.25) is 0 Å². The van der Waals surface area contributed by atoms with Crippen molar-refractivity contribution in [3.05, 3.63) is 83.2 Å². The van der Waals surface area contributed by atoms with Crippen molar-refractivity contribution in [3.63, 3.8) is 0 Å². The normalized spacial score (nSPS) is 12.8. The van der Waals surface area contributed by atoms with Gasteiger partial charge in [0.05, 0.1) is 12.6 Å². The fourth-order valence-electron chi connectivity index (χ4n) is 3.08. The second-order valence-corrected chi connectivity index (χ2v) is 7.65. The minimum absolute atomic E-state index is 0.103. The molecule has 1 aromatic heterocycles. The Morgan fingerprint density at radius 3 is 2.40 bits per heavy atom. The second kappa shape index (κ2) is 9.55. The van der Waals surface area contributed by atoms with Crippen LogP contribution in [0, 0.1) is 13.8 Å². The van der Waals surface area contributed by atoms with Crippen LogP contribution in [0.25, 0.3) is 11.1 Å². The molecule has 0 aliphatic heterocycles. The number of nitrogens with one attached hydrogen (secondary N) is 1. The molecule has 2 atom stereocenters. The molecular weight excluding hydrogens is 376 g/mol. The lowest BCUT2D eigenvalue weighted by molar-refractivity contribution is 0.0938. The number of benzene rings is 2. The van der Waals surface area contributed by atoms with Gasteiger partial charge in [0.2, 0.25) is 0 Å². The first-order valence-corrected chi connectivity index (χ1v) is 10.1. The van der Waals surface area contributed by atoms with Gasteiger partial charge in [-0.15, -0.1) is 0 Å². The standard InChI is InChI=1S/C25H28N2O3/c1-16-5-8-20(9-6-16)22-11-23(13-24(12-22)30-18(3)15-28)25(29)27-19(4)21-10-7-17(2)26-14-21/h5-14,18-19,28H,15H2,1-4H3,(H,27,29)/t18?,19-/m1/s1. The topological polar surface area (TPSA) is 71.5 Å². The van der Waals surface area contributed by atoms with E-state index in [0.29, 0.717) is 11.3 Å². The minimum atomic E-state index is -0.369. The molecule has 0 aliphatic carbocycles. The van der Waals surface area contributed by atoms with Crippen LogP contribution in [-0.4, -0.2) is 28.7 Å². The van der Waals surface area contributed by atoms with Crippen molar-refractivity contribution in [3.8, 4) is 16.9 Å². The summed E-state index contributed by atoms with van der Waals surface area (Å²) in [5, 5.41) is 12.4. The molecule has 0 saturated heterocycles. The Morgan fingerprint density at radius 2 is 1.77 bits per heavy atom. The van der Waals surface area contributed by atoms with Gasteiger partial charge in [0.15, 0.2) is 0 Å². The van der Waals surface area contributed by atoms with Gasteiger partial charge in [0.25, 0.3) is 5.91 Å². The Bertz CT molecular complexity index is 998. The van der Waals surface area contributed by atoms with Crippen molar-refractivity contribution in [1.82, 2.24) is 10.3 Å². The fourth-order valence-corrected chi connectivity index (χ4v) is 3.08. The maximum atomic E-state index is 13.0. The van der Waals surface area contributed by atoms with Crippen molar-refractivity contribution >= 4 is 5.91 Å². The number of aryl methyl sites for hydroxylation is 2. The highest BCUT2D eigenvalue weighted by atomic mass is 16.5. The predicted molar refractivity (Wildman–Crippen MR) is 119 cm³/mol. The summed E-state index contributed by atoms with van der Waals surface area (Å²) < 4.78 is 5.80. The van der Waals surface area contributed by atoms with Gasteiger partial charge in [-0.1, -0.05) is 35.9 Å². The van der Waals surface area contributed by atoms with Crippen molar-refractivity contribution < 1.29 is 14.6 Å². The van der Waals surface area contributed by atoms with Crippen molar-refractivity contribution in [2.45, 2.75) is 39.8 Å². The zero-order valence-corrected chi connectivity index (χ0v) is 17.8. The number of nitrogens with zero attached hydrogens (tertiary/aromatic N) is 1. The van der Waals surface area contributed by atoms with Gasteiger partial charge in [-0.25, -0.2) is 0 Å². The molecule has 1 heterocycles. The van der Waals surface area contributed by atoms with Crippen LogP contribution in [0.5, 0.6) is 5.75 Å². The van der Waals surface area contributed by atoms with Crippen LogP contribution in [0.15, 0.2) is 60.8 Å². The van der Waals surface area contributed by atoms with Crippen LogP contribution in [0.4, 0.5) is 0 Å². The fraction of sp³-hybridized carbons (Fsp3) is 0.280. The van der Waals surface area contributed by atoms with E-state index in [4.69, 9.17) is 4.74 Å². The second-order valence-electron chi connectivity index (χ2n) is 7.65. The summed E-state index contributed by atoms with van der Waals surface area (Å²) >= 11 is 0. The number of hydrogen-bond acceptors (Lipinski definition) is 4.